The summed E-state index contributed by atoms with van der Waals surface area (Å²) < 4.78 is 10.7. The van der Waals surface area contributed by atoms with E-state index in [9.17, 15) is 0 Å². The molecule has 8 nitrogen and oxygen atoms in total. The molecular weight excluding hydrogens is 368 g/mol. The summed E-state index contributed by atoms with van der Waals surface area (Å²) in [6, 6.07) is 6.29. The highest BCUT2D eigenvalue weighted by atomic mass is 16.5. The quantitative estimate of drug-likeness (QED) is 0.713. The lowest BCUT2D eigenvalue weighted by atomic mass is 10.1. The molecule has 2 aromatic heterocycles. The molecule has 2 aliphatic rings. The van der Waals surface area contributed by atoms with Gasteiger partial charge >= 0.3 is 0 Å². The van der Waals surface area contributed by atoms with Crippen LogP contribution in [0.1, 0.15) is 11.3 Å². The fourth-order valence-electron chi connectivity index (χ4n) is 3.85. The number of H-pyrrole nitrogens is 1. The van der Waals surface area contributed by atoms with Crippen molar-refractivity contribution in [1.29, 1.82) is 0 Å². The number of piperazine rings is 1. The molecule has 8 heteroatoms. The van der Waals surface area contributed by atoms with Gasteiger partial charge in [-0.15, -0.1) is 0 Å². The molecule has 0 aliphatic carbocycles. The Labute approximate surface area is 169 Å². The van der Waals surface area contributed by atoms with E-state index in [0.29, 0.717) is 5.75 Å². The molecule has 29 heavy (non-hydrogen) atoms. The van der Waals surface area contributed by atoms with Crippen LogP contribution in [0.25, 0.3) is 11.4 Å². The number of methoxy groups -OCH3 is 1. The molecular formula is C21H24N6O2. The van der Waals surface area contributed by atoms with Gasteiger partial charge in [0.2, 0.25) is 5.95 Å². The minimum absolute atomic E-state index is 0.679. The molecule has 0 amide bonds. The zero-order chi connectivity index (χ0) is 19.6. The lowest BCUT2D eigenvalue weighted by Gasteiger charge is -2.34. The monoisotopic (exact) mass is 392 g/mol. The van der Waals surface area contributed by atoms with Gasteiger partial charge in [0.15, 0.2) is 5.75 Å². The molecule has 0 spiro atoms. The highest BCUT2D eigenvalue weighted by molar-refractivity contribution is 5.59. The van der Waals surface area contributed by atoms with Crippen molar-refractivity contribution in [3.63, 3.8) is 0 Å². The number of nitrogens with one attached hydrogen (secondary N) is 1. The second-order valence-electron chi connectivity index (χ2n) is 7.36. The van der Waals surface area contributed by atoms with Crippen LogP contribution >= 0.6 is 0 Å². The molecule has 2 aliphatic heterocycles. The van der Waals surface area contributed by atoms with E-state index in [0.717, 1.165) is 74.5 Å². The van der Waals surface area contributed by atoms with Crippen molar-refractivity contribution in [2.75, 3.05) is 44.8 Å². The van der Waals surface area contributed by atoms with E-state index < -0.39 is 0 Å². The third-order valence-electron chi connectivity index (χ3n) is 5.49. The van der Waals surface area contributed by atoms with E-state index in [4.69, 9.17) is 9.47 Å². The number of hydrogen-bond donors (Lipinski definition) is 1. The van der Waals surface area contributed by atoms with E-state index in [2.05, 4.69) is 41.9 Å². The van der Waals surface area contributed by atoms with Gasteiger partial charge in [0.05, 0.1) is 26.1 Å². The molecule has 0 radical (unpaired) electrons. The second kappa shape index (κ2) is 7.71. The first-order valence-corrected chi connectivity index (χ1v) is 9.92. The van der Waals surface area contributed by atoms with Gasteiger partial charge in [-0.25, -0.2) is 15.0 Å². The van der Waals surface area contributed by atoms with Crippen molar-refractivity contribution < 1.29 is 9.47 Å². The zero-order valence-corrected chi connectivity index (χ0v) is 16.5. The summed E-state index contributed by atoms with van der Waals surface area (Å²) in [6.07, 6.45) is 6.34. The van der Waals surface area contributed by atoms with Crippen LogP contribution in [0.2, 0.25) is 0 Å². The summed E-state index contributed by atoms with van der Waals surface area (Å²) in [5.74, 6) is 3.35. The molecule has 1 N–H and O–H groups in total. The van der Waals surface area contributed by atoms with Gasteiger partial charge in [0.25, 0.3) is 0 Å². The highest BCUT2D eigenvalue weighted by Gasteiger charge is 2.20. The summed E-state index contributed by atoms with van der Waals surface area (Å²) in [5.41, 5.74) is 3.50. The van der Waals surface area contributed by atoms with E-state index in [-0.39, 0.29) is 0 Å². The Morgan fingerprint density at radius 3 is 2.69 bits per heavy atom. The lowest BCUT2D eigenvalue weighted by Crippen LogP contribution is -2.46. The van der Waals surface area contributed by atoms with Gasteiger partial charge in [0, 0.05) is 56.6 Å². The number of fused-ring (bicyclic) bond motifs is 1. The van der Waals surface area contributed by atoms with Crippen molar-refractivity contribution in [3.8, 4) is 22.9 Å². The molecule has 1 aromatic carbocycles. The van der Waals surface area contributed by atoms with E-state index in [1.54, 1.807) is 19.5 Å². The molecule has 0 atom stereocenters. The summed E-state index contributed by atoms with van der Waals surface area (Å²) in [6.45, 7) is 5.35. The Morgan fingerprint density at radius 2 is 1.90 bits per heavy atom. The van der Waals surface area contributed by atoms with Gasteiger partial charge in [0.1, 0.15) is 11.6 Å². The molecule has 0 bridgehead atoms. The Balaban J connectivity index is 1.19. The molecule has 0 unspecified atom stereocenters. The summed E-state index contributed by atoms with van der Waals surface area (Å²) in [4.78, 5) is 21.5. The Morgan fingerprint density at radius 1 is 1.07 bits per heavy atom. The fraction of sp³-hybridized carbons (Fsp3) is 0.381. The smallest absolute Gasteiger partial charge is 0.225 e. The number of imidazole rings is 1. The number of aromatic amines is 1. The second-order valence-corrected chi connectivity index (χ2v) is 7.36. The first-order valence-electron chi connectivity index (χ1n) is 9.92. The van der Waals surface area contributed by atoms with Crippen LogP contribution in [0.5, 0.6) is 11.5 Å². The van der Waals surface area contributed by atoms with E-state index in [1.165, 1.54) is 5.56 Å². The lowest BCUT2D eigenvalue weighted by molar-refractivity contribution is 0.246. The Bertz CT molecular complexity index is 979. The van der Waals surface area contributed by atoms with E-state index in [1.807, 2.05) is 12.3 Å². The van der Waals surface area contributed by atoms with Crippen LogP contribution in [0.4, 0.5) is 5.95 Å². The third kappa shape index (κ3) is 3.75. The van der Waals surface area contributed by atoms with Crippen molar-refractivity contribution >= 4 is 5.95 Å². The fourth-order valence-corrected chi connectivity index (χ4v) is 3.85. The third-order valence-corrected chi connectivity index (χ3v) is 5.49. The minimum Gasteiger partial charge on any atom is -0.494 e. The molecule has 1 saturated heterocycles. The van der Waals surface area contributed by atoms with Gasteiger partial charge < -0.3 is 19.4 Å². The maximum atomic E-state index is 5.59. The standard InChI is InChI=1S/C21H24N6O2/c1-28-18-12-23-21(24-13-18)27-7-5-26(6-8-27)14-17-11-22-20(25-17)16-2-3-19-15(10-16)4-9-29-19/h2-3,10-13H,4-9,14H2,1H3,(H,22,25). The number of benzene rings is 1. The number of nitrogens with zero attached hydrogens (tertiary/aromatic N) is 5. The molecule has 5 rings (SSSR count). The topological polar surface area (TPSA) is 79.4 Å². The van der Waals surface area contributed by atoms with Gasteiger partial charge in [-0.3, -0.25) is 4.90 Å². The maximum absolute atomic E-state index is 5.59. The summed E-state index contributed by atoms with van der Waals surface area (Å²) in [7, 11) is 1.62. The van der Waals surface area contributed by atoms with Crippen LogP contribution in [0.3, 0.4) is 0 Å². The Kier molecular flexibility index (Phi) is 4.77. The molecule has 3 aromatic rings. The number of aromatic nitrogens is 4. The molecule has 150 valence electrons. The molecule has 4 heterocycles. The van der Waals surface area contributed by atoms with Gasteiger partial charge in [-0.05, 0) is 23.8 Å². The molecule has 1 fully saturated rings. The summed E-state index contributed by atoms with van der Waals surface area (Å²) >= 11 is 0. The highest BCUT2D eigenvalue weighted by Crippen LogP contribution is 2.29. The van der Waals surface area contributed by atoms with Gasteiger partial charge in [-0.2, -0.15) is 0 Å². The molecule has 0 saturated carbocycles. The summed E-state index contributed by atoms with van der Waals surface area (Å²) in [5, 5.41) is 0. The zero-order valence-electron chi connectivity index (χ0n) is 16.5. The average Bonchev–Trinajstić information content (AvgIpc) is 3.43. The van der Waals surface area contributed by atoms with Crippen molar-refractivity contribution in [2.24, 2.45) is 0 Å². The SMILES string of the molecule is COc1cnc(N2CCN(Cc3cnc(-c4ccc5c(c4)CCO5)[nH]3)CC2)nc1. The average molecular weight is 392 g/mol. The number of ether oxygens (including phenoxy) is 2. The Hall–Kier alpha value is -3.13. The first-order chi connectivity index (χ1) is 14.3. The maximum Gasteiger partial charge on any atom is 0.225 e. The van der Waals surface area contributed by atoms with E-state index >= 15 is 0 Å². The largest absolute Gasteiger partial charge is 0.494 e. The predicted molar refractivity (Wildman–Crippen MR) is 109 cm³/mol. The minimum atomic E-state index is 0.679. The normalized spacial score (nSPS) is 16.5. The van der Waals surface area contributed by atoms with Crippen molar-refractivity contribution in [1.82, 2.24) is 24.8 Å². The van der Waals surface area contributed by atoms with Crippen LogP contribution in [0.15, 0.2) is 36.8 Å². The number of anilines is 1. The predicted octanol–water partition coefficient (Wildman–Crippen LogP) is 2.13. The van der Waals surface area contributed by atoms with Crippen LogP contribution in [0, 0.1) is 0 Å². The van der Waals surface area contributed by atoms with Crippen LogP contribution in [-0.4, -0.2) is 64.7 Å². The first kappa shape index (κ1) is 17.9. The van der Waals surface area contributed by atoms with Crippen LogP contribution in [-0.2, 0) is 13.0 Å². The van der Waals surface area contributed by atoms with Crippen molar-refractivity contribution in [2.45, 2.75) is 13.0 Å². The number of rotatable bonds is 5. The number of hydrogen-bond acceptors (Lipinski definition) is 7. The van der Waals surface area contributed by atoms with Crippen molar-refractivity contribution in [3.05, 3.63) is 48.0 Å². The van der Waals surface area contributed by atoms with Crippen LogP contribution < -0.4 is 14.4 Å². The van der Waals surface area contributed by atoms with Gasteiger partial charge in [-0.1, -0.05) is 0 Å².